The van der Waals surface area contributed by atoms with Gasteiger partial charge in [-0.2, -0.15) is 0 Å². The van der Waals surface area contributed by atoms with Gasteiger partial charge in [-0.1, -0.05) is 12.1 Å². The van der Waals surface area contributed by atoms with Crippen LogP contribution in [0.3, 0.4) is 0 Å². The number of imidazole rings is 1. The van der Waals surface area contributed by atoms with Crippen molar-refractivity contribution in [1.29, 1.82) is 0 Å². The molecule has 1 aromatic carbocycles. The summed E-state index contributed by atoms with van der Waals surface area (Å²) in [7, 11) is 2.10. The number of nitrogens with one attached hydrogen (secondary N) is 1. The molecule has 0 saturated carbocycles. The Hall–Kier alpha value is -1.39. The average Bonchev–Trinajstić information content (AvgIpc) is 2.82. The lowest BCUT2D eigenvalue weighted by Crippen LogP contribution is -2.37. The lowest BCUT2D eigenvalue weighted by molar-refractivity contribution is 0.0705. The van der Waals surface area contributed by atoms with Crippen molar-refractivity contribution >= 4 is 11.0 Å². The average molecular weight is 273 g/mol. The second-order valence-electron chi connectivity index (χ2n) is 5.55. The zero-order chi connectivity index (χ0) is 13.8. The molecule has 3 rings (SSSR count). The van der Waals surface area contributed by atoms with Crippen molar-refractivity contribution in [2.75, 3.05) is 19.8 Å². The first-order valence-corrected chi connectivity index (χ1v) is 7.56. The summed E-state index contributed by atoms with van der Waals surface area (Å²) in [6.45, 7) is 2.83. The topological polar surface area (TPSA) is 39.1 Å². The third-order valence-electron chi connectivity index (χ3n) is 4.05. The summed E-state index contributed by atoms with van der Waals surface area (Å²) in [6.07, 6.45) is 4.56. The highest BCUT2D eigenvalue weighted by Crippen LogP contribution is 2.15. The Kier molecular flexibility index (Phi) is 4.33. The lowest BCUT2D eigenvalue weighted by atomic mass is 10.1. The predicted octanol–water partition coefficient (Wildman–Crippen LogP) is 2.27. The maximum absolute atomic E-state index is 5.48. The number of benzene rings is 1. The number of hydrogen-bond acceptors (Lipinski definition) is 3. The predicted molar refractivity (Wildman–Crippen MR) is 80.9 cm³/mol. The fourth-order valence-corrected chi connectivity index (χ4v) is 2.87. The number of ether oxygens (including phenoxy) is 1. The standard InChI is InChI=1S/C16H23N3O/c1-19-15-8-3-2-7-14(15)18-16(19)9-4-10-17-13-6-5-11-20-12-13/h2-3,7-8,13,17H,4-6,9-12H2,1H3. The second kappa shape index (κ2) is 6.37. The van der Waals surface area contributed by atoms with Crippen molar-refractivity contribution in [3.8, 4) is 0 Å². The molecule has 20 heavy (non-hydrogen) atoms. The lowest BCUT2D eigenvalue weighted by Gasteiger charge is -2.23. The van der Waals surface area contributed by atoms with E-state index in [-0.39, 0.29) is 0 Å². The Morgan fingerprint density at radius 3 is 3.10 bits per heavy atom. The number of nitrogens with zero attached hydrogens (tertiary/aromatic N) is 2. The van der Waals surface area contributed by atoms with Gasteiger partial charge in [0, 0.05) is 26.1 Å². The van der Waals surface area contributed by atoms with Crippen LogP contribution in [0.4, 0.5) is 0 Å². The smallest absolute Gasteiger partial charge is 0.109 e. The summed E-state index contributed by atoms with van der Waals surface area (Å²) < 4.78 is 7.68. The van der Waals surface area contributed by atoms with E-state index in [0.717, 1.165) is 38.1 Å². The molecule has 4 nitrogen and oxygen atoms in total. The summed E-state index contributed by atoms with van der Waals surface area (Å²) >= 11 is 0. The Morgan fingerprint density at radius 2 is 2.30 bits per heavy atom. The molecule has 1 aromatic heterocycles. The highest BCUT2D eigenvalue weighted by Gasteiger charge is 2.12. The minimum Gasteiger partial charge on any atom is -0.380 e. The van der Waals surface area contributed by atoms with Crippen LogP contribution in [0.15, 0.2) is 24.3 Å². The van der Waals surface area contributed by atoms with Crippen molar-refractivity contribution in [3.05, 3.63) is 30.1 Å². The Bertz CT molecular complexity index is 558. The monoisotopic (exact) mass is 273 g/mol. The maximum atomic E-state index is 5.48. The number of para-hydroxylation sites is 2. The van der Waals surface area contributed by atoms with E-state index >= 15 is 0 Å². The van der Waals surface area contributed by atoms with Gasteiger partial charge in [0.05, 0.1) is 17.6 Å². The molecule has 1 aliphatic rings. The summed E-state index contributed by atoms with van der Waals surface area (Å²) in [5, 5.41) is 3.58. The first kappa shape index (κ1) is 13.6. The normalized spacial score (nSPS) is 19.6. The van der Waals surface area contributed by atoms with Gasteiger partial charge >= 0.3 is 0 Å². The molecule has 2 heterocycles. The van der Waals surface area contributed by atoms with E-state index in [1.54, 1.807) is 0 Å². The van der Waals surface area contributed by atoms with Crippen LogP contribution < -0.4 is 5.32 Å². The van der Waals surface area contributed by atoms with Crippen LogP contribution in [0.2, 0.25) is 0 Å². The molecule has 0 spiro atoms. The van der Waals surface area contributed by atoms with E-state index in [2.05, 4.69) is 35.1 Å². The third kappa shape index (κ3) is 3.02. The van der Waals surface area contributed by atoms with Crippen LogP contribution in [0.5, 0.6) is 0 Å². The van der Waals surface area contributed by atoms with E-state index < -0.39 is 0 Å². The SMILES string of the molecule is Cn1c(CCCNC2CCCOC2)nc2ccccc21. The molecule has 0 amide bonds. The molecule has 1 atom stereocenters. The number of aryl methyl sites for hydroxylation is 2. The second-order valence-corrected chi connectivity index (χ2v) is 5.55. The Balaban J connectivity index is 1.51. The summed E-state index contributed by atoms with van der Waals surface area (Å²) in [5.74, 6) is 1.17. The van der Waals surface area contributed by atoms with Gasteiger partial charge in [-0.15, -0.1) is 0 Å². The fraction of sp³-hybridized carbons (Fsp3) is 0.562. The molecular weight excluding hydrogens is 250 g/mol. The Labute approximate surface area is 120 Å². The van der Waals surface area contributed by atoms with Crippen molar-refractivity contribution in [1.82, 2.24) is 14.9 Å². The highest BCUT2D eigenvalue weighted by molar-refractivity contribution is 5.75. The van der Waals surface area contributed by atoms with Crippen molar-refractivity contribution in [2.45, 2.75) is 31.7 Å². The molecule has 1 aliphatic heterocycles. The number of aromatic nitrogens is 2. The molecule has 108 valence electrons. The van der Waals surface area contributed by atoms with Crippen LogP contribution in [0.1, 0.15) is 25.1 Å². The van der Waals surface area contributed by atoms with E-state index in [0.29, 0.717) is 6.04 Å². The first-order valence-electron chi connectivity index (χ1n) is 7.56. The van der Waals surface area contributed by atoms with Gasteiger partial charge in [0.25, 0.3) is 0 Å². The molecule has 1 fully saturated rings. The van der Waals surface area contributed by atoms with Crippen molar-refractivity contribution in [3.63, 3.8) is 0 Å². The number of rotatable bonds is 5. The van der Waals surface area contributed by atoms with Crippen LogP contribution in [-0.4, -0.2) is 35.4 Å². The number of fused-ring (bicyclic) bond motifs is 1. The van der Waals surface area contributed by atoms with E-state index in [1.165, 1.54) is 24.2 Å². The highest BCUT2D eigenvalue weighted by atomic mass is 16.5. The molecular formula is C16H23N3O. The minimum atomic E-state index is 0.546. The van der Waals surface area contributed by atoms with Crippen LogP contribution in [-0.2, 0) is 18.2 Å². The van der Waals surface area contributed by atoms with Gasteiger partial charge in [-0.3, -0.25) is 0 Å². The molecule has 0 bridgehead atoms. The first-order chi connectivity index (χ1) is 9.84. The molecule has 0 aliphatic carbocycles. The maximum Gasteiger partial charge on any atom is 0.109 e. The third-order valence-corrected chi connectivity index (χ3v) is 4.05. The van der Waals surface area contributed by atoms with Gasteiger partial charge in [-0.05, 0) is 37.9 Å². The zero-order valence-electron chi connectivity index (χ0n) is 12.1. The fourth-order valence-electron chi connectivity index (χ4n) is 2.87. The number of hydrogen-bond donors (Lipinski definition) is 1. The van der Waals surface area contributed by atoms with Crippen molar-refractivity contribution < 1.29 is 4.74 Å². The Morgan fingerprint density at radius 1 is 1.40 bits per heavy atom. The van der Waals surface area contributed by atoms with Gasteiger partial charge < -0.3 is 14.6 Å². The van der Waals surface area contributed by atoms with Crippen LogP contribution in [0.25, 0.3) is 11.0 Å². The van der Waals surface area contributed by atoms with E-state index in [9.17, 15) is 0 Å². The van der Waals surface area contributed by atoms with Crippen LogP contribution in [0, 0.1) is 0 Å². The van der Waals surface area contributed by atoms with E-state index in [4.69, 9.17) is 9.72 Å². The molecule has 1 unspecified atom stereocenters. The van der Waals surface area contributed by atoms with Crippen LogP contribution >= 0.6 is 0 Å². The van der Waals surface area contributed by atoms with Crippen molar-refractivity contribution in [2.24, 2.45) is 7.05 Å². The van der Waals surface area contributed by atoms with Gasteiger partial charge in [0.15, 0.2) is 0 Å². The van der Waals surface area contributed by atoms with Gasteiger partial charge in [-0.25, -0.2) is 4.98 Å². The summed E-state index contributed by atoms with van der Waals surface area (Å²) in [5.41, 5.74) is 2.31. The van der Waals surface area contributed by atoms with Gasteiger partial charge in [0.1, 0.15) is 5.82 Å². The molecule has 1 N–H and O–H groups in total. The minimum absolute atomic E-state index is 0.546. The molecule has 1 saturated heterocycles. The summed E-state index contributed by atoms with van der Waals surface area (Å²) in [6, 6.07) is 8.87. The zero-order valence-corrected chi connectivity index (χ0v) is 12.1. The summed E-state index contributed by atoms with van der Waals surface area (Å²) in [4.78, 5) is 4.71. The molecule has 4 heteroatoms. The van der Waals surface area contributed by atoms with E-state index in [1.807, 2.05) is 6.07 Å². The molecule has 2 aromatic rings. The largest absolute Gasteiger partial charge is 0.380 e. The quantitative estimate of drug-likeness (QED) is 0.849. The molecule has 0 radical (unpaired) electrons. The van der Waals surface area contributed by atoms with Gasteiger partial charge in [0.2, 0.25) is 0 Å².